The largest absolute Gasteiger partial charge is 0.618 e. The summed E-state index contributed by atoms with van der Waals surface area (Å²) in [7, 11) is 0. The fourth-order valence-electron chi connectivity index (χ4n) is 1.91. The first-order valence-corrected chi connectivity index (χ1v) is 5.32. The minimum absolute atomic E-state index is 0.116. The van der Waals surface area contributed by atoms with Gasteiger partial charge in [-0.15, -0.1) is 0 Å². The van der Waals surface area contributed by atoms with Crippen molar-refractivity contribution in [1.82, 2.24) is 4.98 Å². The topological polar surface area (TPSA) is 77.1 Å². The molecule has 0 saturated carbocycles. The Labute approximate surface area is 102 Å². The van der Waals surface area contributed by atoms with E-state index in [0.29, 0.717) is 22.1 Å². The van der Waals surface area contributed by atoms with Crippen molar-refractivity contribution in [1.29, 1.82) is 0 Å². The van der Waals surface area contributed by atoms with E-state index in [9.17, 15) is 10.0 Å². The summed E-state index contributed by atoms with van der Waals surface area (Å²) in [6.45, 7) is 0. The maximum atomic E-state index is 12.1. The lowest BCUT2D eigenvalue weighted by Crippen LogP contribution is -2.28. The van der Waals surface area contributed by atoms with Crippen molar-refractivity contribution >= 4 is 28.0 Å². The molecule has 3 aromatic rings. The van der Waals surface area contributed by atoms with Crippen molar-refractivity contribution in [2.75, 3.05) is 0 Å². The Kier molecular flexibility index (Phi) is 2.13. The van der Waals surface area contributed by atoms with Gasteiger partial charge in [0.25, 0.3) is 0 Å². The zero-order chi connectivity index (χ0) is 12.7. The van der Waals surface area contributed by atoms with Crippen LogP contribution in [0.3, 0.4) is 0 Å². The van der Waals surface area contributed by atoms with E-state index >= 15 is 0 Å². The van der Waals surface area contributed by atoms with Gasteiger partial charge in [-0.05, 0) is 18.2 Å². The molecule has 3 rings (SSSR count). The van der Waals surface area contributed by atoms with E-state index in [1.54, 1.807) is 24.3 Å². The summed E-state index contributed by atoms with van der Waals surface area (Å²) in [6.07, 6.45) is 0. The molecule has 0 atom stereocenters. The molecule has 0 bridgehead atoms. The molecule has 0 fully saturated rings. The molecule has 0 aliphatic heterocycles. The Morgan fingerprint density at radius 2 is 1.83 bits per heavy atom. The first-order valence-electron chi connectivity index (χ1n) is 5.32. The number of carboxylic acid groups (broad SMARTS) is 1. The number of benzene rings is 2. The Hall–Kier alpha value is -2.69. The molecule has 0 unspecified atom stereocenters. The molecular weight excluding hydrogens is 232 g/mol. The zero-order valence-electron chi connectivity index (χ0n) is 9.20. The van der Waals surface area contributed by atoms with Crippen LogP contribution < -0.4 is 4.73 Å². The molecule has 0 amide bonds. The molecule has 0 spiro atoms. The first-order chi connectivity index (χ1) is 8.66. The van der Waals surface area contributed by atoms with Crippen LogP contribution in [0.1, 0.15) is 10.4 Å². The van der Waals surface area contributed by atoms with Gasteiger partial charge in [0, 0.05) is 12.1 Å². The van der Waals surface area contributed by atoms with Gasteiger partial charge in [0.05, 0.1) is 5.56 Å². The summed E-state index contributed by atoms with van der Waals surface area (Å²) in [5, 5.41) is 21.0. The summed E-state index contributed by atoms with van der Waals surface area (Å²) in [4.78, 5) is 15.2. The molecule has 2 aromatic carbocycles. The maximum absolute atomic E-state index is 12.1. The highest BCUT2D eigenvalue weighted by atomic mass is 16.5. The Morgan fingerprint density at radius 1 is 1.11 bits per heavy atom. The zero-order valence-corrected chi connectivity index (χ0v) is 9.20. The first kappa shape index (κ1) is 10.5. The summed E-state index contributed by atoms with van der Waals surface area (Å²) < 4.78 is 0.767. The second-order valence-corrected chi connectivity index (χ2v) is 3.90. The van der Waals surface area contributed by atoms with Gasteiger partial charge in [-0.1, -0.05) is 12.1 Å². The van der Waals surface area contributed by atoms with Crippen molar-refractivity contribution in [3.05, 3.63) is 53.2 Å². The third-order valence-corrected chi connectivity index (χ3v) is 2.78. The average Bonchev–Trinajstić information content (AvgIpc) is 2.38. The van der Waals surface area contributed by atoms with Crippen LogP contribution in [-0.2, 0) is 0 Å². The van der Waals surface area contributed by atoms with Crippen LogP contribution in [0.5, 0.6) is 0 Å². The smallest absolute Gasteiger partial charge is 0.335 e. The normalized spacial score (nSPS) is 10.9. The molecule has 1 heterocycles. The SMILES string of the molecule is O=C(O)c1ccc2c(c1)nc1ccccc1[n+]2[O-]. The highest BCUT2D eigenvalue weighted by Crippen LogP contribution is 2.15. The standard InChI is InChI=1S/C13H8N2O3/c16-13(17)8-5-6-12-10(7-8)14-9-3-1-2-4-11(9)15(12)18/h1-7H,(H,16,17). The summed E-state index contributed by atoms with van der Waals surface area (Å²) in [5.74, 6) is -1.04. The third kappa shape index (κ3) is 1.45. The number of hydrogen-bond donors (Lipinski definition) is 1. The second-order valence-electron chi connectivity index (χ2n) is 3.90. The van der Waals surface area contributed by atoms with Crippen molar-refractivity contribution in [2.45, 2.75) is 0 Å². The van der Waals surface area contributed by atoms with Crippen LogP contribution >= 0.6 is 0 Å². The van der Waals surface area contributed by atoms with Crippen molar-refractivity contribution in [2.24, 2.45) is 0 Å². The summed E-state index contributed by atoms with van der Waals surface area (Å²) >= 11 is 0. The number of hydrogen-bond acceptors (Lipinski definition) is 3. The Balaban J connectivity index is 2.44. The molecule has 0 aliphatic rings. The quantitative estimate of drug-likeness (QED) is 0.399. The van der Waals surface area contributed by atoms with Crippen LogP contribution in [0.4, 0.5) is 0 Å². The lowest BCUT2D eigenvalue weighted by atomic mass is 10.2. The Bertz CT molecular complexity index is 784. The predicted octanol–water partition coefficient (Wildman–Crippen LogP) is 1.72. The van der Waals surface area contributed by atoms with E-state index < -0.39 is 5.97 Å². The van der Waals surface area contributed by atoms with Crippen LogP contribution in [0.25, 0.3) is 22.1 Å². The number of carboxylic acids is 1. The van der Waals surface area contributed by atoms with Gasteiger partial charge in [0.15, 0.2) is 0 Å². The molecule has 88 valence electrons. The molecule has 0 saturated heterocycles. The number of nitrogens with zero attached hydrogens (tertiary/aromatic N) is 2. The number of rotatable bonds is 1. The molecule has 0 aliphatic carbocycles. The lowest BCUT2D eigenvalue weighted by Gasteiger charge is -2.05. The third-order valence-electron chi connectivity index (χ3n) is 2.78. The van der Waals surface area contributed by atoms with Crippen molar-refractivity contribution in [3.63, 3.8) is 0 Å². The van der Waals surface area contributed by atoms with Gasteiger partial charge < -0.3 is 10.3 Å². The summed E-state index contributed by atoms with van der Waals surface area (Å²) in [5.41, 5.74) is 1.86. The van der Waals surface area contributed by atoms with Gasteiger partial charge in [-0.25, -0.2) is 9.78 Å². The van der Waals surface area contributed by atoms with Crippen LogP contribution in [-0.4, -0.2) is 16.1 Å². The van der Waals surface area contributed by atoms with Crippen molar-refractivity contribution < 1.29 is 14.6 Å². The number of aromatic carboxylic acids is 1. The molecule has 5 heteroatoms. The maximum Gasteiger partial charge on any atom is 0.335 e. The highest BCUT2D eigenvalue weighted by Gasteiger charge is 2.13. The number of fused-ring (bicyclic) bond motifs is 2. The second kappa shape index (κ2) is 3.66. The van der Waals surface area contributed by atoms with Crippen LogP contribution in [0.15, 0.2) is 42.5 Å². The minimum atomic E-state index is -1.04. The molecular formula is C13H8N2O3. The van der Waals surface area contributed by atoms with E-state index in [-0.39, 0.29) is 5.56 Å². The average molecular weight is 240 g/mol. The number of para-hydroxylation sites is 2. The fraction of sp³-hybridized carbons (Fsp3) is 0. The number of aromatic nitrogens is 2. The predicted molar refractivity (Wildman–Crippen MR) is 65.2 cm³/mol. The van der Waals surface area contributed by atoms with E-state index in [4.69, 9.17) is 5.11 Å². The van der Waals surface area contributed by atoms with E-state index in [1.165, 1.54) is 18.2 Å². The molecule has 1 aromatic heterocycles. The Morgan fingerprint density at radius 3 is 2.61 bits per heavy atom. The molecule has 0 radical (unpaired) electrons. The van der Waals surface area contributed by atoms with Gasteiger partial charge in [0.2, 0.25) is 11.0 Å². The molecule has 18 heavy (non-hydrogen) atoms. The van der Waals surface area contributed by atoms with E-state index in [0.717, 1.165) is 4.73 Å². The highest BCUT2D eigenvalue weighted by molar-refractivity contribution is 5.92. The van der Waals surface area contributed by atoms with Crippen molar-refractivity contribution in [3.8, 4) is 0 Å². The molecule has 5 nitrogen and oxygen atoms in total. The van der Waals surface area contributed by atoms with E-state index in [2.05, 4.69) is 4.98 Å². The van der Waals surface area contributed by atoms with E-state index in [1.807, 2.05) is 0 Å². The minimum Gasteiger partial charge on any atom is -0.618 e. The van der Waals surface area contributed by atoms with Gasteiger partial charge in [-0.3, -0.25) is 0 Å². The molecule has 1 N–H and O–H groups in total. The van der Waals surface area contributed by atoms with Gasteiger partial charge in [-0.2, -0.15) is 4.73 Å². The van der Waals surface area contributed by atoms with Gasteiger partial charge in [0.1, 0.15) is 11.0 Å². The fourth-order valence-corrected chi connectivity index (χ4v) is 1.91. The van der Waals surface area contributed by atoms with Crippen LogP contribution in [0.2, 0.25) is 0 Å². The monoisotopic (exact) mass is 240 g/mol. The summed E-state index contributed by atoms with van der Waals surface area (Å²) in [6, 6.07) is 11.2. The van der Waals surface area contributed by atoms with Crippen LogP contribution in [0, 0.1) is 5.21 Å². The number of carbonyl (C=O) groups is 1. The van der Waals surface area contributed by atoms with Gasteiger partial charge >= 0.3 is 5.97 Å². The lowest BCUT2D eigenvalue weighted by molar-refractivity contribution is -0.548.